The van der Waals surface area contributed by atoms with E-state index < -0.39 is 0 Å². The van der Waals surface area contributed by atoms with Gasteiger partial charge in [0.15, 0.2) is 0 Å². The van der Waals surface area contributed by atoms with Crippen LogP contribution >= 0.6 is 0 Å². The van der Waals surface area contributed by atoms with Crippen LogP contribution in [-0.2, 0) is 11.8 Å². The van der Waals surface area contributed by atoms with Crippen molar-refractivity contribution in [2.75, 3.05) is 0 Å². The van der Waals surface area contributed by atoms with Crippen LogP contribution in [0.25, 0.3) is 10.9 Å². The smallest absolute Gasteiger partial charge is 0.116 e. The molecule has 0 aliphatic carbocycles. The number of aromatic nitrogens is 2. The molecule has 0 aliphatic heterocycles. The van der Waals surface area contributed by atoms with Crippen LogP contribution in [0.15, 0.2) is 24.7 Å². The molecular weight excluding hydrogens is 196 g/mol. The molecule has 2 heteroatoms. The third-order valence-electron chi connectivity index (χ3n) is 2.92. The van der Waals surface area contributed by atoms with Crippen LogP contribution in [0.4, 0.5) is 0 Å². The summed E-state index contributed by atoms with van der Waals surface area (Å²) in [5, 5.41) is 1.13. The zero-order chi connectivity index (χ0) is 11.8. The van der Waals surface area contributed by atoms with E-state index in [1.54, 1.807) is 6.33 Å². The van der Waals surface area contributed by atoms with Gasteiger partial charge in [0.05, 0.1) is 5.52 Å². The number of hydrogen-bond acceptors (Lipinski definition) is 2. The maximum atomic E-state index is 4.32. The molecule has 0 atom stereocenters. The maximum Gasteiger partial charge on any atom is 0.116 e. The standard InChI is InChI=1S/C14H18N2/c1-5-10-6-11-8-15-9-16-13(11)7-12(10)14(2,3)4/h6-9H,5H2,1-4H3. The second-order valence-corrected chi connectivity index (χ2v) is 5.19. The van der Waals surface area contributed by atoms with Crippen molar-refractivity contribution in [3.05, 3.63) is 35.8 Å². The molecule has 0 saturated heterocycles. The SMILES string of the molecule is CCc1cc2cncnc2cc1C(C)(C)C. The Morgan fingerprint density at radius 1 is 1.19 bits per heavy atom. The first-order valence-electron chi connectivity index (χ1n) is 5.75. The number of nitrogens with zero attached hydrogens (tertiary/aromatic N) is 2. The molecule has 0 N–H and O–H groups in total. The Balaban J connectivity index is 2.73. The molecule has 1 heterocycles. The van der Waals surface area contributed by atoms with Gasteiger partial charge in [0.1, 0.15) is 6.33 Å². The van der Waals surface area contributed by atoms with Crippen LogP contribution in [0.1, 0.15) is 38.8 Å². The van der Waals surface area contributed by atoms with Gasteiger partial charge in [-0.15, -0.1) is 0 Å². The molecule has 0 unspecified atom stereocenters. The lowest BCUT2D eigenvalue weighted by molar-refractivity contribution is 0.584. The van der Waals surface area contributed by atoms with Crippen LogP contribution in [-0.4, -0.2) is 9.97 Å². The van der Waals surface area contributed by atoms with Crippen LogP contribution in [0.2, 0.25) is 0 Å². The highest BCUT2D eigenvalue weighted by Gasteiger charge is 2.18. The first-order valence-corrected chi connectivity index (χ1v) is 5.75. The highest BCUT2D eigenvalue weighted by atomic mass is 14.8. The average Bonchev–Trinajstić information content (AvgIpc) is 2.26. The molecule has 0 spiro atoms. The quantitative estimate of drug-likeness (QED) is 0.726. The Morgan fingerprint density at radius 3 is 2.56 bits per heavy atom. The minimum absolute atomic E-state index is 0.171. The molecule has 0 amide bonds. The van der Waals surface area contributed by atoms with Gasteiger partial charge in [0.2, 0.25) is 0 Å². The molecule has 0 aliphatic rings. The molecule has 1 aromatic carbocycles. The summed E-state index contributed by atoms with van der Waals surface area (Å²) in [6.45, 7) is 8.93. The van der Waals surface area contributed by atoms with Crippen molar-refractivity contribution in [1.29, 1.82) is 0 Å². The van der Waals surface area contributed by atoms with Gasteiger partial charge < -0.3 is 0 Å². The van der Waals surface area contributed by atoms with Gasteiger partial charge in [-0.25, -0.2) is 9.97 Å². The van der Waals surface area contributed by atoms with Crippen molar-refractivity contribution in [3.8, 4) is 0 Å². The molecule has 2 aromatic rings. The normalized spacial score (nSPS) is 12.0. The van der Waals surface area contributed by atoms with E-state index in [1.807, 2.05) is 6.20 Å². The second kappa shape index (κ2) is 3.85. The van der Waals surface area contributed by atoms with Crippen molar-refractivity contribution < 1.29 is 0 Å². The topological polar surface area (TPSA) is 25.8 Å². The largest absolute Gasteiger partial charge is 0.244 e. The Bertz CT molecular complexity index is 510. The number of aryl methyl sites for hydroxylation is 1. The van der Waals surface area contributed by atoms with Crippen molar-refractivity contribution >= 4 is 10.9 Å². The van der Waals surface area contributed by atoms with Crippen molar-refractivity contribution in [2.45, 2.75) is 39.5 Å². The molecule has 0 radical (unpaired) electrons. The lowest BCUT2D eigenvalue weighted by atomic mass is 9.82. The predicted molar refractivity (Wildman–Crippen MR) is 67.6 cm³/mol. The Labute approximate surface area is 96.7 Å². The van der Waals surface area contributed by atoms with E-state index in [0.717, 1.165) is 17.3 Å². The Morgan fingerprint density at radius 2 is 1.94 bits per heavy atom. The van der Waals surface area contributed by atoms with Gasteiger partial charge >= 0.3 is 0 Å². The third kappa shape index (κ3) is 1.92. The molecule has 1 aromatic heterocycles. The van der Waals surface area contributed by atoms with Crippen LogP contribution in [0.5, 0.6) is 0 Å². The first kappa shape index (κ1) is 11.1. The Kier molecular flexibility index (Phi) is 2.66. The first-order chi connectivity index (χ1) is 7.52. The fraction of sp³-hybridized carbons (Fsp3) is 0.429. The van der Waals surface area contributed by atoms with Gasteiger partial charge in [0.25, 0.3) is 0 Å². The molecule has 0 bridgehead atoms. The number of benzene rings is 1. The fourth-order valence-electron chi connectivity index (χ4n) is 2.07. The van der Waals surface area contributed by atoms with E-state index in [9.17, 15) is 0 Å². The van der Waals surface area contributed by atoms with E-state index in [0.29, 0.717) is 0 Å². The summed E-state index contributed by atoms with van der Waals surface area (Å²) >= 11 is 0. The number of hydrogen-bond donors (Lipinski definition) is 0. The van der Waals surface area contributed by atoms with Gasteiger partial charge in [-0.3, -0.25) is 0 Å². The second-order valence-electron chi connectivity index (χ2n) is 5.19. The van der Waals surface area contributed by atoms with Crippen LogP contribution in [0, 0.1) is 0 Å². The molecule has 84 valence electrons. The summed E-state index contributed by atoms with van der Waals surface area (Å²) in [5.74, 6) is 0. The lowest BCUT2D eigenvalue weighted by Crippen LogP contribution is -2.14. The molecule has 0 saturated carbocycles. The lowest BCUT2D eigenvalue weighted by Gasteiger charge is -2.23. The summed E-state index contributed by atoms with van der Waals surface area (Å²) in [7, 11) is 0. The van der Waals surface area contributed by atoms with Gasteiger partial charge in [-0.05, 0) is 35.1 Å². The summed E-state index contributed by atoms with van der Waals surface area (Å²) in [6.07, 6.45) is 4.55. The molecule has 2 nitrogen and oxygen atoms in total. The van der Waals surface area contributed by atoms with Crippen LogP contribution in [0.3, 0.4) is 0 Å². The third-order valence-corrected chi connectivity index (χ3v) is 2.92. The summed E-state index contributed by atoms with van der Waals surface area (Å²) in [4.78, 5) is 8.39. The van der Waals surface area contributed by atoms with E-state index in [4.69, 9.17) is 0 Å². The minimum atomic E-state index is 0.171. The summed E-state index contributed by atoms with van der Waals surface area (Å²) in [5.41, 5.74) is 4.00. The summed E-state index contributed by atoms with van der Waals surface area (Å²) < 4.78 is 0. The van der Waals surface area contributed by atoms with E-state index in [1.165, 1.54) is 11.1 Å². The Hall–Kier alpha value is -1.44. The van der Waals surface area contributed by atoms with E-state index in [2.05, 4.69) is 49.8 Å². The molecular formula is C14H18N2. The van der Waals surface area contributed by atoms with Gasteiger partial charge in [-0.2, -0.15) is 0 Å². The minimum Gasteiger partial charge on any atom is -0.244 e. The monoisotopic (exact) mass is 214 g/mol. The molecule has 16 heavy (non-hydrogen) atoms. The van der Waals surface area contributed by atoms with Crippen molar-refractivity contribution in [3.63, 3.8) is 0 Å². The van der Waals surface area contributed by atoms with E-state index in [-0.39, 0.29) is 5.41 Å². The van der Waals surface area contributed by atoms with Crippen molar-refractivity contribution in [1.82, 2.24) is 9.97 Å². The number of fused-ring (bicyclic) bond motifs is 1. The fourth-order valence-corrected chi connectivity index (χ4v) is 2.07. The van der Waals surface area contributed by atoms with Gasteiger partial charge in [-0.1, -0.05) is 27.7 Å². The predicted octanol–water partition coefficient (Wildman–Crippen LogP) is 3.49. The zero-order valence-corrected chi connectivity index (χ0v) is 10.4. The average molecular weight is 214 g/mol. The van der Waals surface area contributed by atoms with Gasteiger partial charge in [0, 0.05) is 11.6 Å². The van der Waals surface area contributed by atoms with Crippen molar-refractivity contribution in [2.24, 2.45) is 0 Å². The maximum absolute atomic E-state index is 4.32. The molecule has 2 rings (SSSR count). The number of rotatable bonds is 1. The zero-order valence-electron chi connectivity index (χ0n) is 10.4. The highest BCUT2D eigenvalue weighted by Crippen LogP contribution is 2.29. The van der Waals surface area contributed by atoms with E-state index >= 15 is 0 Å². The van der Waals surface area contributed by atoms with Crippen LogP contribution < -0.4 is 0 Å². The summed E-state index contributed by atoms with van der Waals surface area (Å²) in [6, 6.07) is 4.42. The highest BCUT2D eigenvalue weighted by molar-refractivity contribution is 5.79. The molecule has 0 fully saturated rings.